The second-order valence-corrected chi connectivity index (χ2v) is 9.78. The number of nitrogens with zero attached hydrogens (tertiary/aromatic N) is 1. The molecule has 0 saturated heterocycles. The lowest BCUT2D eigenvalue weighted by atomic mass is 10.2. The molecule has 2 rings (SSSR count). The maximum Gasteiger partial charge on any atom is 0.348 e. The lowest BCUT2D eigenvalue weighted by Gasteiger charge is -2.21. The van der Waals surface area contributed by atoms with Crippen molar-refractivity contribution in [3.63, 3.8) is 0 Å². The van der Waals surface area contributed by atoms with Gasteiger partial charge >= 0.3 is 6.03 Å². The van der Waals surface area contributed by atoms with E-state index in [1.54, 1.807) is 6.92 Å². The van der Waals surface area contributed by atoms with Crippen LogP contribution in [-0.4, -0.2) is 22.2 Å². The van der Waals surface area contributed by atoms with Crippen LogP contribution in [-0.2, 0) is 4.79 Å². The minimum atomic E-state index is -0.801. The number of carbonyl (C=O) groups is 2. The van der Waals surface area contributed by atoms with E-state index in [9.17, 15) is 14.8 Å². The number of amides is 3. The number of hydrogen-bond donors (Lipinski definition) is 2. The predicted octanol–water partition coefficient (Wildman–Crippen LogP) is 8.81. The summed E-state index contributed by atoms with van der Waals surface area (Å²) in [6.07, 6.45) is 28.0. The van der Waals surface area contributed by atoms with E-state index >= 15 is 0 Å². The Morgan fingerprint density at radius 2 is 1.49 bits per heavy atom. The van der Waals surface area contributed by atoms with E-state index in [2.05, 4.69) is 73.0 Å². The highest BCUT2D eigenvalue weighted by molar-refractivity contribution is 7.19. The summed E-state index contributed by atoms with van der Waals surface area (Å²) in [5.41, 5.74) is 0. The molecule has 1 aromatic carbocycles. The minimum Gasteiger partial charge on any atom is -0.284 e. The molecule has 0 radical (unpaired) electrons. The Bertz CT molecular complexity index is 1080. The maximum atomic E-state index is 12.3. The van der Waals surface area contributed by atoms with Gasteiger partial charge in [-0.15, -0.1) is 11.3 Å². The fourth-order valence-corrected chi connectivity index (χ4v) is 4.59. The summed E-state index contributed by atoms with van der Waals surface area (Å²) in [4.78, 5) is 25.2. The van der Waals surface area contributed by atoms with Gasteiger partial charge in [0.15, 0.2) is 0 Å². The van der Waals surface area contributed by atoms with E-state index in [0.717, 1.165) is 53.5 Å². The third-order valence-electron chi connectivity index (χ3n) is 5.61. The van der Waals surface area contributed by atoms with E-state index in [1.165, 1.54) is 11.3 Å². The summed E-state index contributed by atoms with van der Waals surface area (Å²) in [6, 6.07) is 8.49. The molecule has 2 N–H and O–H groups in total. The van der Waals surface area contributed by atoms with Crippen LogP contribution in [0.3, 0.4) is 0 Å². The van der Waals surface area contributed by atoms with Crippen molar-refractivity contribution in [3.8, 4) is 0 Å². The van der Waals surface area contributed by atoms with Gasteiger partial charge in [-0.1, -0.05) is 85.9 Å². The lowest BCUT2D eigenvalue weighted by molar-refractivity contribution is -0.122. The summed E-state index contributed by atoms with van der Waals surface area (Å²) in [5, 5.41) is 14.2. The third kappa shape index (κ3) is 12.0. The van der Waals surface area contributed by atoms with E-state index in [0.29, 0.717) is 11.5 Å². The first kappa shape index (κ1) is 30.0. The van der Waals surface area contributed by atoms with E-state index in [-0.39, 0.29) is 12.3 Å². The Balaban J connectivity index is 1.55. The number of carbonyl (C=O) groups excluding carboxylic acids is 2. The number of hydrogen-bond acceptors (Lipinski definition) is 4. The monoisotopic (exact) mass is 520 g/mol. The van der Waals surface area contributed by atoms with Crippen LogP contribution < -0.4 is 5.32 Å². The van der Waals surface area contributed by atoms with Crippen molar-refractivity contribution in [2.24, 2.45) is 0 Å². The van der Waals surface area contributed by atoms with Crippen molar-refractivity contribution in [1.82, 2.24) is 10.4 Å². The largest absolute Gasteiger partial charge is 0.348 e. The molecule has 0 saturated carbocycles. The molecule has 0 aliphatic heterocycles. The van der Waals surface area contributed by atoms with Crippen LogP contribution >= 0.6 is 11.3 Å². The zero-order valence-electron chi connectivity index (χ0n) is 22.0. The molecule has 1 heterocycles. The van der Waals surface area contributed by atoms with Crippen molar-refractivity contribution in [2.45, 2.75) is 71.3 Å². The molecule has 1 unspecified atom stereocenters. The number of thiophene rings is 1. The molecule has 3 amide bonds. The molecule has 37 heavy (non-hydrogen) atoms. The van der Waals surface area contributed by atoms with Gasteiger partial charge in [0.05, 0.1) is 6.04 Å². The van der Waals surface area contributed by atoms with Crippen LogP contribution in [0.2, 0.25) is 0 Å². The number of rotatable bonds is 15. The average Bonchev–Trinajstić information content (AvgIpc) is 3.34. The highest BCUT2D eigenvalue weighted by atomic mass is 32.1. The third-order valence-corrected chi connectivity index (χ3v) is 6.90. The number of imide groups is 1. The van der Waals surface area contributed by atoms with Crippen LogP contribution in [0.25, 0.3) is 10.1 Å². The highest BCUT2D eigenvalue weighted by Gasteiger charge is 2.22. The summed E-state index contributed by atoms with van der Waals surface area (Å²) < 4.78 is 1.09. The Morgan fingerprint density at radius 1 is 0.919 bits per heavy atom. The molecule has 1 aromatic heterocycles. The molecule has 0 aliphatic rings. The zero-order valence-corrected chi connectivity index (χ0v) is 22.8. The summed E-state index contributed by atoms with van der Waals surface area (Å²) in [7, 11) is 0. The second kappa shape index (κ2) is 18.1. The van der Waals surface area contributed by atoms with Crippen molar-refractivity contribution >= 4 is 33.4 Å². The normalized spacial score (nSPS) is 13.2. The molecular weight excluding hydrogens is 480 g/mol. The standard InChI is InChI=1S/C31H40N2O3S/c1-3-4-5-6-7-8-9-10-11-12-13-14-15-16-17-18-19-24-30(34)32-31(35)33(36)26(2)29-25-27-22-20-21-23-28(27)37-29/h4-5,7-8,10-11,13-14,16-17,20-23,25-26,36H,3,6,9,12,15,18-19,24H2,1-2H3,(H,32,34,35). The number of benzene rings is 1. The Hall–Kier alpha value is -3.22. The van der Waals surface area contributed by atoms with Gasteiger partial charge in [0.1, 0.15) is 0 Å². The number of nitrogens with one attached hydrogen (secondary N) is 1. The number of fused-ring (bicyclic) bond motifs is 1. The van der Waals surface area contributed by atoms with E-state index < -0.39 is 12.1 Å². The first-order chi connectivity index (χ1) is 18.0. The molecule has 2 aromatic rings. The highest BCUT2D eigenvalue weighted by Crippen LogP contribution is 2.31. The molecule has 6 heteroatoms. The van der Waals surface area contributed by atoms with Crippen LogP contribution in [0.1, 0.15) is 76.1 Å². The van der Waals surface area contributed by atoms with Crippen molar-refractivity contribution in [3.05, 3.63) is 96.0 Å². The van der Waals surface area contributed by atoms with Crippen LogP contribution in [0.5, 0.6) is 0 Å². The molecule has 1 atom stereocenters. The Kier molecular flexibility index (Phi) is 14.7. The van der Waals surface area contributed by atoms with Crippen molar-refractivity contribution in [2.75, 3.05) is 0 Å². The average molecular weight is 521 g/mol. The Labute approximate surface area is 225 Å². The molecule has 0 fully saturated rings. The fraction of sp³-hybridized carbons (Fsp3) is 0.355. The van der Waals surface area contributed by atoms with Gasteiger partial charge in [-0.05, 0) is 69.4 Å². The molecule has 198 valence electrons. The predicted molar refractivity (Wildman–Crippen MR) is 156 cm³/mol. The topological polar surface area (TPSA) is 69.6 Å². The minimum absolute atomic E-state index is 0.227. The van der Waals surface area contributed by atoms with Crippen molar-refractivity contribution in [1.29, 1.82) is 0 Å². The Morgan fingerprint density at radius 3 is 2.08 bits per heavy atom. The van der Waals surface area contributed by atoms with Crippen LogP contribution in [0.15, 0.2) is 91.1 Å². The summed E-state index contributed by atoms with van der Waals surface area (Å²) >= 11 is 1.52. The van der Waals surface area contributed by atoms with Gasteiger partial charge in [-0.2, -0.15) is 5.06 Å². The number of hydroxylamine groups is 2. The first-order valence-electron chi connectivity index (χ1n) is 13.1. The second-order valence-electron chi connectivity index (χ2n) is 8.66. The SMILES string of the molecule is CCC=CCC=CCC=CCC=CCC=CCCCC(=O)NC(=O)N(O)C(C)c1cc2ccccc2s1. The summed E-state index contributed by atoms with van der Waals surface area (Å²) in [5.74, 6) is -0.389. The maximum absolute atomic E-state index is 12.3. The van der Waals surface area contributed by atoms with E-state index in [4.69, 9.17) is 0 Å². The fourth-order valence-electron chi connectivity index (χ4n) is 3.49. The number of urea groups is 1. The van der Waals surface area contributed by atoms with Gasteiger partial charge < -0.3 is 0 Å². The van der Waals surface area contributed by atoms with Gasteiger partial charge in [-0.3, -0.25) is 15.3 Å². The van der Waals surface area contributed by atoms with Gasteiger partial charge in [-0.25, -0.2) is 4.79 Å². The van der Waals surface area contributed by atoms with Crippen molar-refractivity contribution < 1.29 is 14.8 Å². The molecule has 0 aliphatic carbocycles. The quantitative estimate of drug-likeness (QED) is 0.107. The molecule has 0 spiro atoms. The van der Waals surface area contributed by atoms with E-state index in [1.807, 2.05) is 30.3 Å². The molecule has 5 nitrogen and oxygen atoms in total. The van der Waals surface area contributed by atoms with Gasteiger partial charge in [0.2, 0.25) is 5.91 Å². The number of allylic oxidation sites excluding steroid dienone is 10. The smallest absolute Gasteiger partial charge is 0.284 e. The first-order valence-corrected chi connectivity index (χ1v) is 13.9. The van der Waals surface area contributed by atoms with Crippen LogP contribution in [0, 0.1) is 0 Å². The zero-order chi connectivity index (χ0) is 26.7. The lowest BCUT2D eigenvalue weighted by Crippen LogP contribution is -2.42. The number of unbranched alkanes of at least 4 members (excludes halogenated alkanes) is 1. The van der Waals surface area contributed by atoms with Gasteiger partial charge in [0, 0.05) is 16.0 Å². The van der Waals surface area contributed by atoms with Crippen LogP contribution in [0.4, 0.5) is 4.79 Å². The molecule has 0 bridgehead atoms. The molecular formula is C31H40N2O3S. The summed E-state index contributed by atoms with van der Waals surface area (Å²) in [6.45, 7) is 3.87. The van der Waals surface area contributed by atoms with Gasteiger partial charge in [0.25, 0.3) is 0 Å².